The van der Waals surface area contributed by atoms with Gasteiger partial charge in [0, 0.05) is 24.5 Å². The molecule has 0 spiro atoms. The van der Waals surface area contributed by atoms with Crippen molar-refractivity contribution in [2.75, 3.05) is 13.2 Å². The van der Waals surface area contributed by atoms with E-state index in [1.165, 1.54) is 16.9 Å². The van der Waals surface area contributed by atoms with Gasteiger partial charge in [0.15, 0.2) is 4.96 Å². The Morgan fingerprint density at radius 2 is 1.80 bits per heavy atom. The minimum Gasteiger partial charge on any atom is -0.494 e. The number of hydrogen-bond acceptors (Lipinski definition) is 5. The first-order valence-electron chi connectivity index (χ1n) is 10.2. The van der Waals surface area contributed by atoms with Gasteiger partial charge in [0.05, 0.1) is 18.0 Å². The van der Waals surface area contributed by atoms with E-state index in [1.807, 2.05) is 54.8 Å². The number of hydrogen-bond donors (Lipinski definition) is 0. The van der Waals surface area contributed by atoms with Gasteiger partial charge < -0.3 is 4.74 Å². The Kier molecular flexibility index (Phi) is 6.26. The molecular formula is C24H25N3O2S. The number of rotatable bonds is 8. The van der Waals surface area contributed by atoms with Gasteiger partial charge in [-0.15, -0.1) is 11.3 Å². The molecule has 0 unspecified atom stereocenters. The summed E-state index contributed by atoms with van der Waals surface area (Å²) in [5, 5.41) is 2.00. The summed E-state index contributed by atoms with van der Waals surface area (Å²) in [4.78, 5) is 20.7. The highest BCUT2D eigenvalue weighted by Crippen LogP contribution is 2.24. The Morgan fingerprint density at radius 3 is 2.50 bits per heavy atom. The third-order valence-corrected chi connectivity index (χ3v) is 5.83. The molecule has 2 aromatic carbocycles. The van der Waals surface area contributed by atoms with Gasteiger partial charge in [-0.25, -0.2) is 4.98 Å². The molecule has 6 heteroatoms. The van der Waals surface area contributed by atoms with Crippen molar-refractivity contribution >= 4 is 16.3 Å². The molecule has 0 aliphatic rings. The molecule has 0 amide bonds. The molecule has 154 valence electrons. The minimum atomic E-state index is -0.0350. The van der Waals surface area contributed by atoms with Gasteiger partial charge in [-0.05, 0) is 36.7 Å². The zero-order chi connectivity index (χ0) is 20.9. The maximum atomic E-state index is 12.9. The SMILES string of the molecule is CCOc1ccc(CN(CC)Cc2cc(=O)n3c(-c4ccccc4)csc3n2)cc1. The van der Waals surface area contributed by atoms with Crippen molar-refractivity contribution in [2.45, 2.75) is 26.9 Å². The lowest BCUT2D eigenvalue weighted by Gasteiger charge is -2.20. The molecule has 2 aromatic heterocycles. The quantitative estimate of drug-likeness (QED) is 0.410. The highest BCUT2D eigenvalue weighted by atomic mass is 32.1. The maximum absolute atomic E-state index is 12.9. The Morgan fingerprint density at radius 1 is 1.03 bits per heavy atom. The predicted molar refractivity (Wildman–Crippen MR) is 122 cm³/mol. The molecule has 2 heterocycles. The average Bonchev–Trinajstić information content (AvgIpc) is 3.20. The Bertz CT molecular complexity index is 1170. The summed E-state index contributed by atoms with van der Waals surface area (Å²) in [6.45, 7) is 7.07. The normalized spacial score (nSPS) is 11.3. The monoisotopic (exact) mass is 419 g/mol. The molecule has 5 nitrogen and oxygen atoms in total. The number of thiazole rings is 1. The molecule has 0 N–H and O–H groups in total. The van der Waals surface area contributed by atoms with Crippen molar-refractivity contribution in [2.24, 2.45) is 0 Å². The summed E-state index contributed by atoms with van der Waals surface area (Å²) in [6, 6.07) is 19.8. The molecular weight excluding hydrogens is 394 g/mol. The lowest BCUT2D eigenvalue weighted by molar-refractivity contribution is 0.268. The van der Waals surface area contributed by atoms with Crippen LogP contribution in [0.15, 0.2) is 70.8 Å². The molecule has 0 atom stereocenters. The van der Waals surface area contributed by atoms with E-state index in [1.54, 1.807) is 10.5 Å². The highest BCUT2D eigenvalue weighted by Gasteiger charge is 2.13. The van der Waals surface area contributed by atoms with Crippen LogP contribution in [0.1, 0.15) is 25.1 Å². The maximum Gasteiger partial charge on any atom is 0.259 e. The molecule has 4 aromatic rings. The molecule has 4 rings (SSSR count). The third kappa shape index (κ3) is 4.45. The Hall–Kier alpha value is -2.96. The van der Waals surface area contributed by atoms with Crippen LogP contribution in [-0.2, 0) is 13.1 Å². The third-order valence-electron chi connectivity index (χ3n) is 5.00. The standard InChI is InChI=1S/C24H25N3O2S/c1-3-26(15-18-10-12-21(13-11-18)29-4-2)16-20-14-23(28)27-22(17-30-24(27)25-20)19-8-6-5-7-9-19/h5-14,17H,3-4,15-16H2,1-2H3. The smallest absolute Gasteiger partial charge is 0.259 e. The first kappa shape index (κ1) is 20.3. The van der Waals surface area contributed by atoms with E-state index in [-0.39, 0.29) is 5.56 Å². The fraction of sp³-hybridized carbons (Fsp3) is 0.250. The molecule has 0 radical (unpaired) electrons. The van der Waals surface area contributed by atoms with Crippen LogP contribution < -0.4 is 10.3 Å². The van der Waals surface area contributed by atoms with E-state index >= 15 is 0 Å². The topological polar surface area (TPSA) is 46.8 Å². The fourth-order valence-electron chi connectivity index (χ4n) is 3.48. The molecule has 0 aliphatic carbocycles. The van der Waals surface area contributed by atoms with Gasteiger partial charge >= 0.3 is 0 Å². The number of fused-ring (bicyclic) bond motifs is 1. The van der Waals surface area contributed by atoms with Gasteiger partial charge in [-0.1, -0.05) is 49.4 Å². The second kappa shape index (κ2) is 9.24. The van der Waals surface area contributed by atoms with Crippen molar-refractivity contribution in [3.05, 3.63) is 87.7 Å². The molecule has 0 fully saturated rings. The van der Waals surface area contributed by atoms with Crippen molar-refractivity contribution in [1.29, 1.82) is 0 Å². The summed E-state index contributed by atoms with van der Waals surface area (Å²) in [7, 11) is 0. The lowest BCUT2D eigenvalue weighted by atomic mass is 10.2. The van der Waals surface area contributed by atoms with Crippen molar-refractivity contribution in [1.82, 2.24) is 14.3 Å². The molecule has 0 bridgehead atoms. The Labute approximate surface area is 180 Å². The van der Waals surface area contributed by atoms with E-state index in [9.17, 15) is 4.79 Å². The largest absolute Gasteiger partial charge is 0.494 e. The summed E-state index contributed by atoms with van der Waals surface area (Å²) < 4.78 is 7.22. The number of nitrogens with zero attached hydrogens (tertiary/aromatic N) is 3. The minimum absolute atomic E-state index is 0.0350. The van der Waals surface area contributed by atoms with Crippen molar-refractivity contribution < 1.29 is 4.74 Å². The van der Waals surface area contributed by atoms with Gasteiger partial charge in [0.25, 0.3) is 5.56 Å². The van der Waals surface area contributed by atoms with Crippen molar-refractivity contribution in [3.63, 3.8) is 0 Å². The Balaban J connectivity index is 1.54. The molecule has 0 saturated carbocycles. The zero-order valence-corrected chi connectivity index (χ0v) is 18.1. The summed E-state index contributed by atoms with van der Waals surface area (Å²) in [6.07, 6.45) is 0. The van der Waals surface area contributed by atoms with Crippen LogP contribution in [0.25, 0.3) is 16.2 Å². The summed E-state index contributed by atoms with van der Waals surface area (Å²) in [5.74, 6) is 0.886. The van der Waals surface area contributed by atoms with Crippen LogP contribution in [0.2, 0.25) is 0 Å². The first-order valence-corrected chi connectivity index (χ1v) is 11.1. The van der Waals surface area contributed by atoms with Crippen LogP contribution in [-0.4, -0.2) is 27.4 Å². The second-order valence-electron chi connectivity index (χ2n) is 7.07. The lowest BCUT2D eigenvalue weighted by Crippen LogP contribution is -2.25. The number of ether oxygens (including phenoxy) is 1. The van der Waals surface area contributed by atoms with Crippen LogP contribution in [0.3, 0.4) is 0 Å². The summed E-state index contributed by atoms with van der Waals surface area (Å²) in [5.41, 5.74) is 3.88. The van der Waals surface area contributed by atoms with E-state index in [2.05, 4.69) is 24.0 Å². The van der Waals surface area contributed by atoms with Gasteiger partial charge in [0.1, 0.15) is 5.75 Å². The highest BCUT2D eigenvalue weighted by molar-refractivity contribution is 7.15. The number of benzene rings is 2. The van der Waals surface area contributed by atoms with E-state index in [0.717, 1.165) is 40.8 Å². The van der Waals surface area contributed by atoms with Crippen molar-refractivity contribution in [3.8, 4) is 17.0 Å². The van der Waals surface area contributed by atoms with E-state index in [0.29, 0.717) is 13.2 Å². The van der Waals surface area contributed by atoms with Crippen LogP contribution in [0.5, 0.6) is 5.75 Å². The summed E-state index contributed by atoms with van der Waals surface area (Å²) >= 11 is 1.50. The predicted octanol–water partition coefficient (Wildman–Crippen LogP) is 4.84. The van der Waals surface area contributed by atoms with Crippen LogP contribution >= 0.6 is 11.3 Å². The van der Waals surface area contributed by atoms with Crippen LogP contribution in [0.4, 0.5) is 0 Å². The second-order valence-corrected chi connectivity index (χ2v) is 7.91. The van der Waals surface area contributed by atoms with Gasteiger partial charge in [-0.3, -0.25) is 14.1 Å². The number of aromatic nitrogens is 2. The van der Waals surface area contributed by atoms with E-state index < -0.39 is 0 Å². The van der Waals surface area contributed by atoms with Gasteiger partial charge in [-0.2, -0.15) is 0 Å². The van der Waals surface area contributed by atoms with E-state index in [4.69, 9.17) is 9.72 Å². The van der Waals surface area contributed by atoms with Crippen LogP contribution in [0, 0.1) is 0 Å². The average molecular weight is 420 g/mol. The molecule has 30 heavy (non-hydrogen) atoms. The fourth-order valence-corrected chi connectivity index (χ4v) is 4.40. The molecule has 0 aliphatic heterocycles. The molecule has 0 saturated heterocycles. The zero-order valence-electron chi connectivity index (χ0n) is 17.2. The van der Waals surface area contributed by atoms with Gasteiger partial charge in [0.2, 0.25) is 0 Å². The first-order chi connectivity index (χ1) is 14.7.